The molecule has 0 bridgehead atoms. The number of carbonyl (C=O) groups excluding carboxylic acids is 2. The van der Waals surface area contributed by atoms with Gasteiger partial charge in [0, 0.05) is 25.2 Å². The Morgan fingerprint density at radius 2 is 1.91 bits per heavy atom. The molecule has 0 amide bonds. The van der Waals surface area contributed by atoms with Gasteiger partial charge in [0.1, 0.15) is 9.53 Å². The Hall–Kier alpha value is -0.370. The number of halogens is 1. The van der Waals surface area contributed by atoms with Crippen molar-refractivity contribution in [2.45, 2.75) is 62.4 Å². The van der Waals surface area contributed by atoms with Gasteiger partial charge in [0.2, 0.25) is 0 Å². The first-order valence-corrected chi connectivity index (χ1v) is 9.41. The summed E-state index contributed by atoms with van der Waals surface area (Å²) in [6.45, 7) is 8.44. The normalized spacial score (nSPS) is 17.8. The molecule has 2 N–H and O–H groups in total. The second kappa shape index (κ2) is 9.70. The van der Waals surface area contributed by atoms with Gasteiger partial charge >= 0.3 is 11.9 Å². The fraction of sp³-hybridized carbons (Fsp3) is 0.875. The zero-order valence-electron chi connectivity index (χ0n) is 13.9. The van der Waals surface area contributed by atoms with E-state index in [4.69, 9.17) is 9.47 Å². The molecule has 0 saturated carbocycles. The highest BCUT2D eigenvalue weighted by molar-refractivity contribution is 14.1. The zero-order chi connectivity index (χ0) is 16.6. The molecule has 22 heavy (non-hydrogen) atoms. The average molecular weight is 426 g/mol. The maximum atomic E-state index is 12.0. The van der Waals surface area contributed by atoms with Crippen molar-refractivity contribution >= 4 is 34.5 Å². The van der Waals surface area contributed by atoms with Gasteiger partial charge in [0.15, 0.2) is 0 Å². The van der Waals surface area contributed by atoms with Gasteiger partial charge in [-0.05, 0) is 33.6 Å². The number of hydrogen-bond donors (Lipinski definition) is 1. The SMILES string of the molecule is CC(I)C(=O)OCCCCC(=O)OC(C)(C)C1CC[NH2+]CC1. The Balaban J connectivity index is 2.18. The van der Waals surface area contributed by atoms with Gasteiger partial charge in [-0.15, -0.1) is 0 Å². The van der Waals surface area contributed by atoms with Gasteiger partial charge in [-0.3, -0.25) is 9.59 Å². The Morgan fingerprint density at radius 3 is 2.50 bits per heavy atom. The van der Waals surface area contributed by atoms with Crippen LogP contribution in [0.2, 0.25) is 0 Å². The van der Waals surface area contributed by atoms with Crippen LogP contribution in [0.5, 0.6) is 0 Å². The smallest absolute Gasteiger partial charge is 0.318 e. The summed E-state index contributed by atoms with van der Waals surface area (Å²) in [4.78, 5) is 23.2. The quantitative estimate of drug-likeness (QED) is 0.278. The van der Waals surface area contributed by atoms with Crippen LogP contribution in [0, 0.1) is 5.92 Å². The van der Waals surface area contributed by atoms with E-state index in [1.165, 1.54) is 0 Å². The maximum Gasteiger partial charge on any atom is 0.318 e. The second-order valence-corrected chi connectivity index (χ2v) is 8.33. The first kappa shape index (κ1) is 19.7. The summed E-state index contributed by atoms with van der Waals surface area (Å²) in [5.41, 5.74) is -0.381. The Bertz CT molecular complexity index is 365. The molecule has 0 aliphatic carbocycles. The molecule has 5 nitrogen and oxygen atoms in total. The van der Waals surface area contributed by atoms with Gasteiger partial charge in [-0.1, -0.05) is 22.6 Å². The third-order valence-corrected chi connectivity index (χ3v) is 4.65. The molecule has 1 rings (SSSR count). The summed E-state index contributed by atoms with van der Waals surface area (Å²) < 4.78 is 10.6. The van der Waals surface area contributed by atoms with Gasteiger partial charge < -0.3 is 14.8 Å². The summed E-state index contributed by atoms with van der Waals surface area (Å²) in [7, 11) is 0. The molecular formula is C16H29INO4+. The number of rotatable bonds is 8. The van der Waals surface area contributed by atoms with Crippen molar-refractivity contribution in [1.29, 1.82) is 0 Å². The fourth-order valence-electron chi connectivity index (χ4n) is 2.71. The van der Waals surface area contributed by atoms with Gasteiger partial charge in [0.05, 0.1) is 19.7 Å². The molecule has 1 saturated heterocycles. The Kier molecular flexibility index (Phi) is 8.67. The highest BCUT2D eigenvalue weighted by Gasteiger charge is 2.35. The van der Waals surface area contributed by atoms with Crippen molar-refractivity contribution in [3.63, 3.8) is 0 Å². The third kappa shape index (κ3) is 7.26. The molecule has 0 spiro atoms. The Morgan fingerprint density at radius 1 is 1.27 bits per heavy atom. The molecule has 1 heterocycles. The summed E-state index contributed by atoms with van der Waals surface area (Å²) in [6, 6.07) is 0. The van der Waals surface area contributed by atoms with E-state index in [0.29, 0.717) is 31.8 Å². The van der Waals surface area contributed by atoms with Gasteiger partial charge in [-0.25, -0.2) is 0 Å². The van der Waals surface area contributed by atoms with E-state index in [-0.39, 0.29) is 21.5 Å². The van der Waals surface area contributed by atoms with Crippen molar-refractivity contribution in [3.05, 3.63) is 0 Å². The van der Waals surface area contributed by atoms with E-state index < -0.39 is 0 Å². The number of unbranched alkanes of at least 4 members (excludes halogenated alkanes) is 1. The second-order valence-electron chi connectivity index (χ2n) is 6.46. The minimum atomic E-state index is -0.381. The molecule has 1 fully saturated rings. The van der Waals surface area contributed by atoms with E-state index in [9.17, 15) is 9.59 Å². The van der Waals surface area contributed by atoms with Crippen LogP contribution in [0.4, 0.5) is 0 Å². The summed E-state index contributed by atoms with van der Waals surface area (Å²) in [6.07, 6.45) is 3.98. The van der Waals surface area contributed by atoms with Crippen molar-refractivity contribution in [1.82, 2.24) is 0 Å². The number of piperidine rings is 1. The molecule has 1 unspecified atom stereocenters. The highest BCUT2D eigenvalue weighted by Crippen LogP contribution is 2.28. The van der Waals surface area contributed by atoms with E-state index in [1.54, 1.807) is 6.92 Å². The van der Waals surface area contributed by atoms with Crippen LogP contribution >= 0.6 is 22.6 Å². The van der Waals surface area contributed by atoms with Crippen LogP contribution in [-0.4, -0.2) is 41.2 Å². The number of quaternary nitrogens is 1. The molecule has 0 aromatic carbocycles. The van der Waals surface area contributed by atoms with Crippen molar-refractivity contribution < 1.29 is 24.4 Å². The predicted molar refractivity (Wildman–Crippen MR) is 92.8 cm³/mol. The molecule has 6 heteroatoms. The number of hydrogen-bond acceptors (Lipinski definition) is 4. The summed E-state index contributed by atoms with van der Waals surface area (Å²) in [5, 5.41) is 2.31. The third-order valence-electron chi connectivity index (χ3n) is 4.14. The van der Waals surface area contributed by atoms with E-state index in [2.05, 4.69) is 5.32 Å². The van der Waals surface area contributed by atoms with Crippen LogP contribution < -0.4 is 5.32 Å². The van der Waals surface area contributed by atoms with Crippen LogP contribution in [0.15, 0.2) is 0 Å². The van der Waals surface area contributed by atoms with Crippen molar-refractivity contribution in [3.8, 4) is 0 Å². The van der Waals surface area contributed by atoms with Crippen LogP contribution in [-0.2, 0) is 19.1 Å². The minimum absolute atomic E-state index is 0.129. The zero-order valence-corrected chi connectivity index (χ0v) is 16.1. The standard InChI is InChI=1S/C16H28INO4/c1-12(17)15(20)21-11-5-4-6-14(19)22-16(2,3)13-7-9-18-10-8-13/h12-13,18H,4-11H2,1-3H3/p+1. The number of alkyl halides is 1. The van der Waals surface area contributed by atoms with Crippen molar-refractivity contribution in [2.24, 2.45) is 5.92 Å². The molecule has 1 aliphatic heterocycles. The lowest BCUT2D eigenvalue weighted by Crippen LogP contribution is -2.86. The molecule has 0 radical (unpaired) electrons. The molecule has 128 valence electrons. The van der Waals surface area contributed by atoms with Crippen LogP contribution in [0.25, 0.3) is 0 Å². The molecule has 1 aliphatic rings. The van der Waals surface area contributed by atoms with Gasteiger partial charge in [0.25, 0.3) is 0 Å². The maximum absolute atomic E-state index is 12.0. The first-order chi connectivity index (χ1) is 10.3. The highest BCUT2D eigenvalue weighted by atomic mass is 127. The lowest BCUT2D eigenvalue weighted by molar-refractivity contribution is -0.665. The lowest BCUT2D eigenvalue weighted by Gasteiger charge is -2.35. The Labute approximate surface area is 147 Å². The fourth-order valence-corrected chi connectivity index (χ4v) is 2.89. The molecule has 0 aromatic rings. The summed E-state index contributed by atoms with van der Waals surface area (Å²) >= 11 is 2.02. The van der Waals surface area contributed by atoms with E-state index >= 15 is 0 Å². The van der Waals surface area contributed by atoms with Crippen molar-refractivity contribution in [2.75, 3.05) is 19.7 Å². The molecule has 1 atom stereocenters. The van der Waals surface area contributed by atoms with E-state index in [1.807, 2.05) is 36.4 Å². The number of carbonyl (C=O) groups is 2. The lowest BCUT2D eigenvalue weighted by atomic mass is 9.83. The number of nitrogens with two attached hydrogens (primary N) is 1. The largest absolute Gasteiger partial charge is 0.465 e. The van der Waals surface area contributed by atoms with E-state index in [0.717, 1.165) is 25.9 Å². The predicted octanol–water partition coefficient (Wildman–Crippen LogP) is 1.82. The minimum Gasteiger partial charge on any atom is -0.465 e. The monoisotopic (exact) mass is 426 g/mol. The number of ether oxygens (including phenoxy) is 2. The molecule has 0 aromatic heterocycles. The topological polar surface area (TPSA) is 69.2 Å². The van der Waals surface area contributed by atoms with Crippen LogP contribution in [0.1, 0.15) is 52.9 Å². The average Bonchev–Trinajstić information content (AvgIpc) is 2.47. The summed E-state index contributed by atoms with van der Waals surface area (Å²) in [5.74, 6) is 0.110. The van der Waals surface area contributed by atoms with Crippen LogP contribution in [0.3, 0.4) is 0 Å². The first-order valence-electron chi connectivity index (χ1n) is 8.17. The molecular weight excluding hydrogens is 397 g/mol. The van der Waals surface area contributed by atoms with Gasteiger partial charge in [-0.2, -0.15) is 0 Å². The number of esters is 2.